The summed E-state index contributed by atoms with van der Waals surface area (Å²) >= 11 is 0. The van der Waals surface area contributed by atoms with Gasteiger partial charge < -0.3 is 40.9 Å². The van der Waals surface area contributed by atoms with Crippen LogP contribution in [0.15, 0.2) is 194 Å². The second kappa shape index (κ2) is 51.9. The molecule has 28 nitrogen and oxygen atoms in total. The largest absolute Gasteiger partial charge is 0.359 e. The molecule has 0 saturated carbocycles. The Balaban J connectivity index is 0.000000164. The molecule has 0 bridgehead atoms. The SMILES string of the molecule is C.[B]CCCCCn1nnc2c1-c1ccccc1CN(C(=O)CCC(=O)NC)c1ccccc1-2.[B]CCCCCn1nnc2c1-c1ccccc1CN(C(=O)CCC(=O)NCCC)c1ccccc1-2.[B]CCCCCn1nnc2c1-c1ccccc1CN(C(=O)CCC(=O)NCCC)c1ccccc1-2.[B]CCCCCn1nnc2c1-c1ccccc1N(C(=O)CCC(=O)NC)Cc1ccccc1-2. The van der Waals surface area contributed by atoms with E-state index in [1.165, 1.54) is 0 Å². The predicted molar refractivity (Wildman–Crippen MR) is 544 cm³/mol. The van der Waals surface area contributed by atoms with Crippen LogP contribution < -0.4 is 40.9 Å². The predicted octanol–water partition coefficient (Wildman–Crippen LogP) is 17.2. The van der Waals surface area contributed by atoms with E-state index < -0.39 is 0 Å². The summed E-state index contributed by atoms with van der Waals surface area (Å²) in [7, 11) is 25.8. The van der Waals surface area contributed by atoms with Crippen molar-refractivity contribution in [1.82, 2.24) is 81.2 Å². The molecule has 4 N–H and O–H groups in total. The van der Waals surface area contributed by atoms with Crippen LogP contribution in [0.5, 0.6) is 0 Å². The van der Waals surface area contributed by atoms with E-state index in [0.29, 0.717) is 64.5 Å². The maximum Gasteiger partial charge on any atom is 0.227 e. The highest BCUT2D eigenvalue weighted by Crippen LogP contribution is 2.47. The summed E-state index contributed by atoms with van der Waals surface area (Å²) in [4.78, 5) is 108. The molecule has 0 spiro atoms. The first kappa shape index (κ1) is 102. The van der Waals surface area contributed by atoms with Crippen molar-refractivity contribution < 1.29 is 38.4 Å². The van der Waals surface area contributed by atoms with E-state index in [1.807, 2.05) is 208 Å². The third-order valence-electron chi connectivity index (χ3n) is 24.6. The van der Waals surface area contributed by atoms with Crippen molar-refractivity contribution in [3.63, 3.8) is 0 Å². The second-order valence-electron chi connectivity index (χ2n) is 34.1. The van der Waals surface area contributed by atoms with Crippen LogP contribution in [0.25, 0.3) is 90.1 Å². The molecule has 137 heavy (non-hydrogen) atoms. The van der Waals surface area contributed by atoms with Gasteiger partial charge in [0.1, 0.15) is 22.8 Å². The fourth-order valence-corrected chi connectivity index (χ4v) is 17.5. The second-order valence-corrected chi connectivity index (χ2v) is 34.1. The van der Waals surface area contributed by atoms with Gasteiger partial charge in [0.2, 0.25) is 47.3 Å². The molecule has 0 atom stereocenters. The van der Waals surface area contributed by atoms with Crippen molar-refractivity contribution in [2.75, 3.05) is 46.8 Å². The number of amides is 8. The van der Waals surface area contributed by atoms with Crippen LogP contribution in [0.4, 0.5) is 22.7 Å². The van der Waals surface area contributed by atoms with E-state index in [2.05, 4.69) is 80.7 Å². The number of carbonyl (C=O) groups excluding carboxylic acids is 8. The van der Waals surface area contributed by atoms with Gasteiger partial charge >= 0.3 is 0 Å². The Morgan fingerprint density at radius 1 is 0.277 bits per heavy atom. The number of aryl methyl sites for hydroxylation is 4. The molecule has 8 aromatic carbocycles. The zero-order valence-electron chi connectivity index (χ0n) is 78.7. The number of nitrogens with zero attached hydrogens (tertiary/aromatic N) is 16. The topological polar surface area (TPSA) is 320 Å². The smallest absolute Gasteiger partial charge is 0.227 e. The molecule has 8 radical (unpaired) electrons. The van der Waals surface area contributed by atoms with Crippen molar-refractivity contribution >= 4 is 101 Å². The summed E-state index contributed by atoms with van der Waals surface area (Å²) < 4.78 is 7.89. The average molecular weight is 1840 g/mol. The van der Waals surface area contributed by atoms with Gasteiger partial charge in [0, 0.05) is 149 Å². The molecule has 0 fully saturated rings. The van der Waals surface area contributed by atoms with Gasteiger partial charge in [-0.25, -0.2) is 18.7 Å². The highest BCUT2D eigenvalue weighted by molar-refractivity contribution is 6.10. The summed E-state index contributed by atoms with van der Waals surface area (Å²) in [5.41, 5.74) is 21.8. The zero-order chi connectivity index (χ0) is 95.7. The minimum atomic E-state index is -0.149. The molecule has 8 amide bonds. The molecule has 4 aromatic heterocycles. The number of anilines is 4. The summed E-state index contributed by atoms with van der Waals surface area (Å²) in [6.45, 7) is 9.91. The quantitative estimate of drug-likeness (QED) is 0.0209. The molecular weight excluding hydrogens is 1710 g/mol. The molecule has 0 unspecified atom stereocenters. The number of aromatic nitrogens is 12. The summed E-state index contributed by atoms with van der Waals surface area (Å²) in [6, 6.07) is 63.6. The number of rotatable bonds is 36. The number of para-hydroxylation sites is 4. The monoisotopic (exact) mass is 1840 g/mol. The van der Waals surface area contributed by atoms with Crippen LogP contribution >= 0.6 is 0 Å². The number of hydrogen-bond acceptors (Lipinski definition) is 16. The van der Waals surface area contributed by atoms with Gasteiger partial charge in [-0.05, 0) is 85.0 Å². The first-order valence-electron chi connectivity index (χ1n) is 48.0. The molecule has 4 aliphatic rings. The molecule has 32 heteroatoms. The molecule has 0 saturated heterocycles. The number of carbonyl (C=O) groups is 8. The van der Waals surface area contributed by atoms with Crippen LogP contribution in [0.2, 0.25) is 25.3 Å². The van der Waals surface area contributed by atoms with E-state index >= 15 is 0 Å². The van der Waals surface area contributed by atoms with Crippen LogP contribution in [-0.4, -0.2) is 166 Å². The summed E-state index contributed by atoms with van der Waals surface area (Å²) in [6.07, 6.45) is 17.7. The van der Waals surface area contributed by atoms with E-state index in [0.717, 1.165) is 251 Å². The Kier molecular flexibility index (Phi) is 38.7. The van der Waals surface area contributed by atoms with Crippen molar-refractivity contribution in [2.45, 2.75) is 240 Å². The zero-order valence-corrected chi connectivity index (χ0v) is 78.7. The number of unbranched alkanes of at least 4 members (excludes halogenated alkanes) is 8. The Morgan fingerprint density at radius 3 is 0.781 bits per heavy atom. The van der Waals surface area contributed by atoms with Crippen molar-refractivity contribution in [3.8, 4) is 90.1 Å². The maximum absolute atomic E-state index is 13.4. The average Bonchev–Trinajstić information content (AvgIpc) is 1.62. The Labute approximate surface area is 809 Å². The Hall–Kier alpha value is -13.7. The highest BCUT2D eigenvalue weighted by Gasteiger charge is 2.36. The van der Waals surface area contributed by atoms with E-state index in [9.17, 15) is 38.4 Å². The maximum atomic E-state index is 13.4. The highest BCUT2D eigenvalue weighted by atomic mass is 16.2. The van der Waals surface area contributed by atoms with E-state index in [-0.39, 0.29) is 106 Å². The van der Waals surface area contributed by atoms with E-state index in [1.54, 1.807) is 33.7 Å². The van der Waals surface area contributed by atoms with Gasteiger partial charge in [-0.15, -0.1) is 20.4 Å². The van der Waals surface area contributed by atoms with Gasteiger partial charge in [0.05, 0.1) is 103 Å². The van der Waals surface area contributed by atoms with Crippen LogP contribution in [0.3, 0.4) is 0 Å². The van der Waals surface area contributed by atoms with Crippen LogP contribution in [-0.2, 0) is 90.7 Å². The van der Waals surface area contributed by atoms with Gasteiger partial charge in [-0.3, -0.25) is 38.4 Å². The lowest BCUT2D eigenvalue weighted by atomic mass is 9.95. The minimum absolute atomic E-state index is 0. The van der Waals surface area contributed by atoms with Gasteiger partial charge in [0.25, 0.3) is 0 Å². The molecule has 704 valence electrons. The van der Waals surface area contributed by atoms with Gasteiger partial charge in [0.15, 0.2) is 0 Å². The van der Waals surface area contributed by atoms with E-state index in [4.69, 9.17) is 31.4 Å². The fourth-order valence-electron chi connectivity index (χ4n) is 17.5. The van der Waals surface area contributed by atoms with Crippen molar-refractivity contribution in [2.24, 2.45) is 0 Å². The number of fused-ring (bicyclic) bond motifs is 20. The molecule has 0 aliphatic carbocycles. The third kappa shape index (κ3) is 25.7. The standard InChI is InChI=1S/2C27H32BN5O2.2C25H28BN5O2.CH4/c2*1-2-17-29-24(34)14-15-25(35)32-19-20-10-4-5-11-21(20)27-26(22-12-6-7-13-23(22)32)30-31-33(27)18-9-3-8-16-28;1-27-22(32)13-14-23(33)30-17-18-9-3-4-10-19(18)25-24(20-11-5-6-12-21(20)30)28-29-31(25)16-8-2-7-15-26;1-27-22(32)13-14-23(33)30-17-18-9-3-4-10-19(18)24-25(20-11-5-6-12-21(20)30)31(29-28-24)16-8-2-7-15-26;/h2*4-7,10-13H,2-3,8-9,14-19H2,1H3,(H,29,34);2*3-6,9-12H,2,7-8,13-17H2,1H3,(H,27,32);1H4. The number of benzene rings is 8. The Morgan fingerprint density at radius 2 is 0.504 bits per heavy atom. The van der Waals surface area contributed by atoms with Gasteiger partial charge in [-0.1, -0.05) is 289 Å². The molecule has 16 rings (SSSR count). The first-order chi connectivity index (χ1) is 66.5. The third-order valence-corrected chi connectivity index (χ3v) is 24.6. The Bertz CT molecular complexity index is 5910. The fraction of sp³-hybridized carbons (Fsp3) is 0.390. The lowest BCUT2D eigenvalue weighted by Gasteiger charge is -2.28. The normalized spacial score (nSPS) is 12.1. The summed E-state index contributed by atoms with van der Waals surface area (Å²) in [5, 5.41) is 47.2. The molecule has 12 aromatic rings. The molecular formula is C105H124B4N20O8. The van der Waals surface area contributed by atoms with Crippen LogP contribution in [0, 0.1) is 0 Å². The number of nitrogens with one attached hydrogen (secondary N) is 4. The van der Waals surface area contributed by atoms with Crippen molar-refractivity contribution in [1.29, 1.82) is 0 Å². The van der Waals surface area contributed by atoms with Crippen LogP contribution in [0.1, 0.15) is 185 Å². The summed E-state index contributed by atoms with van der Waals surface area (Å²) in [5.74, 6) is -0.852. The van der Waals surface area contributed by atoms with Crippen molar-refractivity contribution in [3.05, 3.63) is 216 Å². The number of hydrogen-bond donors (Lipinski definition) is 4. The minimum Gasteiger partial charge on any atom is -0.359 e. The molecule has 4 aliphatic heterocycles. The first-order valence-corrected chi connectivity index (χ1v) is 48.0. The lowest BCUT2D eigenvalue weighted by Crippen LogP contribution is -2.33. The molecule has 8 heterocycles. The van der Waals surface area contributed by atoms with Gasteiger partial charge in [-0.2, -0.15) is 0 Å². The lowest BCUT2D eigenvalue weighted by molar-refractivity contribution is -0.125.